The van der Waals surface area contributed by atoms with E-state index in [0.29, 0.717) is 19.1 Å². The number of hydrogen-bond acceptors (Lipinski definition) is 5. The minimum absolute atomic E-state index is 0.0145. The van der Waals surface area contributed by atoms with Crippen LogP contribution in [0.15, 0.2) is 53.3 Å². The van der Waals surface area contributed by atoms with Gasteiger partial charge in [0.2, 0.25) is 0 Å². The standard InChI is InChI=1S/C29H36N6O/c1-4-10-27(28-31-32-33-35(28)25-13-8-9-14-25)34(18-22-11-6-5-7-12-22)19-24-17-23-15-20(2)21(3)16-26(23)30-29(24)36/h5-7,11-12,15-17,25,27H,4,8-10,13-14,18-19H2,1-3H3,(H,30,36)/t27-/m1/s1. The highest BCUT2D eigenvalue weighted by molar-refractivity contribution is 5.80. The van der Waals surface area contributed by atoms with Crippen LogP contribution in [0, 0.1) is 13.8 Å². The van der Waals surface area contributed by atoms with Crippen LogP contribution in [-0.4, -0.2) is 30.1 Å². The van der Waals surface area contributed by atoms with E-state index < -0.39 is 0 Å². The average molecular weight is 485 g/mol. The highest BCUT2D eigenvalue weighted by Gasteiger charge is 2.30. The summed E-state index contributed by atoms with van der Waals surface area (Å²) in [6.07, 6.45) is 6.62. The van der Waals surface area contributed by atoms with E-state index in [1.165, 1.54) is 29.5 Å². The number of aromatic nitrogens is 5. The largest absolute Gasteiger partial charge is 0.322 e. The Morgan fingerprint density at radius 2 is 1.81 bits per heavy atom. The van der Waals surface area contributed by atoms with Gasteiger partial charge in [-0.05, 0) is 83.8 Å². The predicted octanol–water partition coefficient (Wildman–Crippen LogP) is 5.79. The Morgan fingerprint density at radius 1 is 1.06 bits per heavy atom. The Hall–Kier alpha value is -3.32. The molecule has 0 spiro atoms. The van der Waals surface area contributed by atoms with Crippen molar-refractivity contribution in [2.24, 2.45) is 0 Å². The zero-order chi connectivity index (χ0) is 25.1. The molecule has 2 heterocycles. The number of tetrazole rings is 1. The lowest BCUT2D eigenvalue weighted by Gasteiger charge is -2.31. The van der Waals surface area contributed by atoms with Crippen LogP contribution in [0.1, 0.15) is 85.6 Å². The van der Waals surface area contributed by atoms with Crippen molar-refractivity contribution in [1.29, 1.82) is 0 Å². The number of aryl methyl sites for hydroxylation is 2. The van der Waals surface area contributed by atoms with Gasteiger partial charge in [0.1, 0.15) is 0 Å². The predicted molar refractivity (Wildman–Crippen MR) is 143 cm³/mol. The van der Waals surface area contributed by atoms with E-state index in [-0.39, 0.29) is 11.6 Å². The second-order valence-electron chi connectivity index (χ2n) is 10.3. The van der Waals surface area contributed by atoms with Crippen molar-refractivity contribution in [3.63, 3.8) is 0 Å². The van der Waals surface area contributed by atoms with Crippen LogP contribution in [0.4, 0.5) is 0 Å². The second kappa shape index (κ2) is 10.7. The molecule has 2 aromatic heterocycles. The smallest absolute Gasteiger partial charge is 0.252 e. The molecular weight excluding hydrogens is 448 g/mol. The maximum atomic E-state index is 13.2. The van der Waals surface area contributed by atoms with Gasteiger partial charge in [-0.2, -0.15) is 0 Å². The third-order valence-electron chi connectivity index (χ3n) is 7.63. The lowest BCUT2D eigenvalue weighted by Crippen LogP contribution is -2.33. The Balaban J connectivity index is 1.55. The van der Waals surface area contributed by atoms with Crippen molar-refractivity contribution in [3.8, 4) is 0 Å². The number of benzene rings is 2. The molecule has 0 radical (unpaired) electrons. The second-order valence-corrected chi connectivity index (χ2v) is 10.3. The Morgan fingerprint density at radius 3 is 2.56 bits per heavy atom. The number of aromatic amines is 1. The fourth-order valence-electron chi connectivity index (χ4n) is 5.53. The molecule has 5 rings (SSSR count). The monoisotopic (exact) mass is 484 g/mol. The maximum absolute atomic E-state index is 13.2. The summed E-state index contributed by atoms with van der Waals surface area (Å²) in [5, 5.41) is 14.2. The van der Waals surface area contributed by atoms with Gasteiger partial charge < -0.3 is 4.98 Å². The summed E-state index contributed by atoms with van der Waals surface area (Å²) < 4.78 is 2.07. The van der Waals surface area contributed by atoms with Gasteiger partial charge in [0, 0.05) is 24.2 Å². The Bertz CT molecular complexity index is 1370. The number of pyridine rings is 1. The van der Waals surface area contributed by atoms with E-state index >= 15 is 0 Å². The highest BCUT2D eigenvalue weighted by Crippen LogP contribution is 2.34. The maximum Gasteiger partial charge on any atom is 0.252 e. The molecule has 1 saturated carbocycles. The van der Waals surface area contributed by atoms with Gasteiger partial charge in [-0.1, -0.05) is 56.5 Å². The SMILES string of the molecule is CCC[C@H](c1nnnn1C1CCCC1)N(Cc1ccccc1)Cc1cc2cc(C)c(C)cc2[nH]c1=O. The van der Waals surface area contributed by atoms with Gasteiger partial charge in [0.15, 0.2) is 5.82 Å². The minimum Gasteiger partial charge on any atom is -0.322 e. The van der Waals surface area contributed by atoms with Crippen LogP contribution >= 0.6 is 0 Å². The number of nitrogens with one attached hydrogen (secondary N) is 1. The molecular formula is C29H36N6O. The average Bonchev–Trinajstić information content (AvgIpc) is 3.57. The van der Waals surface area contributed by atoms with Crippen molar-refractivity contribution >= 4 is 10.9 Å². The fraction of sp³-hybridized carbons (Fsp3) is 0.448. The molecule has 1 aliphatic rings. The van der Waals surface area contributed by atoms with Crippen LogP contribution in [0.25, 0.3) is 10.9 Å². The third-order valence-corrected chi connectivity index (χ3v) is 7.63. The molecule has 0 saturated heterocycles. The molecule has 188 valence electrons. The summed E-state index contributed by atoms with van der Waals surface area (Å²) in [6, 6.07) is 17.1. The van der Waals surface area contributed by atoms with E-state index in [9.17, 15) is 4.79 Å². The number of H-pyrrole nitrogens is 1. The van der Waals surface area contributed by atoms with Gasteiger partial charge in [-0.15, -0.1) is 5.10 Å². The molecule has 1 N–H and O–H groups in total. The van der Waals surface area contributed by atoms with Crippen LogP contribution < -0.4 is 5.56 Å². The number of fused-ring (bicyclic) bond motifs is 1. The fourth-order valence-corrected chi connectivity index (χ4v) is 5.53. The number of rotatable bonds is 9. The minimum atomic E-state index is -0.0329. The van der Waals surface area contributed by atoms with Gasteiger partial charge >= 0.3 is 0 Å². The first kappa shape index (κ1) is 24.4. The topological polar surface area (TPSA) is 79.7 Å². The molecule has 0 amide bonds. The van der Waals surface area contributed by atoms with Gasteiger partial charge in [-0.25, -0.2) is 4.68 Å². The number of hydrogen-bond donors (Lipinski definition) is 1. The molecule has 1 fully saturated rings. The lowest BCUT2D eigenvalue weighted by atomic mass is 10.0. The Labute approximate surface area is 212 Å². The summed E-state index contributed by atoms with van der Waals surface area (Å²) in [5.74, 6) is 0.920. The Kier molecular flexibility index (Phi) is 7.28. The van der Waals surface area contributed by atoms with Crippen LogP contribution in [0.3, 0.4) is 0 Å². The highest BCUT2D eigenvalue weighted by atomic mass is 16.1. The van der Waals surface area contributed by atoms with Gasteiger partial charge in [0.25, 0.3) is 5.56 Å². The molecule has 4 aromatic rings. The summed E-state index contributed by atoms with van der Waals surface area (Å²) in [6.45, 7) is 7.63. The van der Waals surface area contributed by atoms with E-state index in [1.807, 2.05) is 6.07 Å². The van der Waals surface area contributed by atoms with Crippen LogP contribution in [-0.2, 0) is 13.1 Å². The van der Waals surface area contributed by atoms with Crippen LogP contribution in [0.5, 0.6) is 0 Å². The molecule has 1 aliphatic carbocycles. The van der Waals surface area contributed by atoms with E-state index in [2.05, 4.69) is 93.3 Å². The molecule has 7 heteroatoms. The summed E-state index contributed by atoms with van der Waals surface area (Å²) in [4.78, 5) is 18.7. The van der Waals surface area contributed by atoms with Crippen molar-refractivity contribution < 1.29 is 0 Å². The van der Waals surface area contributed by atoms with Gasteiger partial charge in [-0.3, -0.25) is 9.69 Å². The third kappa shape index (κ3) is 5.12. The van der Waals surface area contributed by atoms with Crippen molar-refractivity contribution in [2.75, 3.05) is 0 Å². The van der Waals surface area contributed by atoms with E-state index in [0.717, 1.165) is 48.0 Å². The summed E-state index contributed by atoms with van der Waals surface area (Å²) in [5.41, 5.74) is 5.23. The zero-order valence-corrected chi connectivity index (χ0v) is 21.6. The molecule has 36 heavy (non-hydrogen) atoms. The zero-order valence-electron chi connectivity index (χ0n) is 21.6. The first-order chi connectivity index (χ1) is 17.5. The van der Waals surface area contributed by atoms with E-state index in [4.69, 9.17) is 0 Å². The van der Waals surface area contributed by atoms with Gasteiger partial charge in [0.05, 0.1) is 12.1 Å². The molecule has 7 nitrogen and oxygen atoms in total. The van der Waals surface area contributed by atoms with Crippen molar-refractivity contribution in [2.45, 2.75) is 84.5 Å². The normalized spacial score (nSPS) is 15.2. The molecule has 0 aliphatic heterocycles. The number of nitrogens with zero attached hydrogens (tertiary/aromatic N) is 5. The molecule has 0 bridgehead atoms. The summed E-state index contributed by atoms with van der Waals surface area (Å²) >= 11 is 0. The van der Waals surface area contributed by atoms with Crippen molar-refractivity contribution in [3.05, 3.63) is 87.0 Å². The van der Waals surface area contributed by atoms with E-state index in [1.54, 1.807) is 0 Å². The van der Waals surface area contributed by atoms with Crippen LogP contribution in [0.2, 0.25) is 0 Å². The summed E-state index contributed by atoms with van der Waals surface area (Å²) in [7, 11) is 0. The van der Waals surface area contributed by atoms with Crippen molar-refractivity contribution in [1.82, 2.24) is 30.1 Å². The molecule has 1 atom stereocenters. The quantitative estimate of drug-likeness (QED) is 0.325. The first-order valence-electron chi connectivity index (χ1n) is 13.2. The first-order valence-corrected chi connectivity index (χ1v) is 13.2. The molecule has 0 unspecified atom stereocenters. The molecule has 2 aromatic carbocycles. The lowest BCUT2D eigenvalue weighted by molar-refractivity contribution is 0.153.